The Labute approximate surface area is 88.6 Å². The van der Waals surface area contributed by atoms with Gasteiger partial charge in [-0.1, -0.05) is 11.6 Å². The van der Waals surface area contributed by atoms with Crippen LogP contribution >= 0.6 is 11.6 Å². The molecule has 1 N–H and O–H groups in total. The first-order chi connectivity index (χ1) is 6.59. The molecule has 1 unspecified atom stereocenters. The molecule has 78 valence electrons. The Kier molecular flexibility index (Phi) is 4.10. The van der Waals surface area contributed by atoms with Gasteiger partial charge in [-0.25, -0.2) is 9.97 Å². The highest BCUT2D eigenvalue weighted by Crippen LogP contribution is 2.09. The second kappa shape index (κ2) is 5.12. The van der Waals surface area contributed by atoms with Crippen LogP contribution in [0.25, 0.3) is 0 Å². The van der Waals surface area contributed by atoms with E-state index in [4.69, 9.17) is 16.7 Å². The fourth-order valence-corrected chi connectivity index (χ4v) is 1.08. The number of aliphatic hydroxyl groups excluding tert-OH is 1. The molecule has 4 nitrogen and oxygen atoms in total. The number of anilines is 1. The number of nitrogens with zero attached hydrogens (tertiary/aromatic N) is 3. The van der Waals surface area contributed by atoms with Crippen molar-refractivity contribution in [2.75, 3.05) is 18.5 Å². The monoisotopic (exact) mass is 215 g/mol. The Bertz CT molecular complexity index is 276. The van der Waals surface area contributed by atoms with Crippen molar-refractivity contribution in [1.29, 1.82) is 0 Å². The summed E-state index contributed by atoms with van der Waals surface area (Å²) in [6, 6.07) is 0. The number of aliphatic hydroxyl groups is 1. The van der Waals surface area contributed by atoms with Gasteiger partial charge in [0.25, 0.3) is 0 Å². The maximum Gasteiger partial charge on any atom is 0.225 e. The molecule has 0 saturated heterocycles. The normalized spacial score (nSPS) is 12.6. The Morgan fingerprint density at radius 1 is 1.50 bits per heavy atom. The van der Waals surface area contributed by atoms with Gasteiger partial charge in [0.1, 0.15) is 0 Å². The van der Waals surface area contributed by atoms with Gasteiger partial charge in [-0.05, 0) is 13.3 Å². The SMILES string of the molecule is CC(O)CCN(C)c1ncc(Cl)cn1. The van der Waals surface area contributed by atoms with E-state index in [1.165, 1.54) is 0 Å². The zero-order chi connectivity index (χ0) is 10.6. The molecule has 1 aromatic heterocycles. The van der Waals surface area contributed by atoms with Crippen LogP contribution in [0.15, 0.2) is 12.4 Å². The van der Waals surface area contributed by atoms with E-state index in [2.05, 4.69) is 9.97 Å². The van der Waals surface area contributed by atoms with Gasteiger partial charge in [-0.2, -0.15) is 0 Å². The van der Waals surface area contributed by atoms with Gasteiger partial charge in [0.05, 0.1) is 23.5 Å². The Balaban J connectivity index is 2.52. The molecule has 14 heavy (non-hydrogen) atoms. The predicted octanol–water partition coefficient (Wildman–Crippen LogP) is 1.34. The van der Waals surface area contributed by atoms with Crippen LogP contribution in [-0.2, 0) is 0 Å². The lowest BCUT2D eigenvalue weighted by atomic mass is 10.3. The zero-order valence-electron chi connectivity index (χ0n) is 8.31. The van der Waals surface area contributed by atoms with Crippen molar-refractivity contribution >= 4 is 17.5 Å². The van der Waals surface area contributed by atoms with Crippen LogP contribution in [0.2, 0.25) is 5.02 Å². The summed E-state index contributed by atoms with van der Waals surface area (Å²) in [6.07, 6.45) is 3.51. The number of hydrogen-bond donors (Lipinski definition) is 1. The summed E-state index contributed by atoms with van der Waals surface area (Å²) < 4.78 is 0. The molecular formula is C9H14ClN3O. The zero-order valence-corrected chi connectivity index (χ0v) is 9.07. The summed E-state index contributed by atoms with van der Waals surface area (Å²) >= 11 is 5.66. The van der Waals surface area contributed by atoms with Crippen LogP contribution in [0, 0.1) is 0 Å². The van der Waals surface area contributed by atoms with Crippen molar-refractivity contribution in [2.45, 2.75) is 19.4 Å². The molecule has 5 heteroatoms. The van der Waals surface area contributed by atoms with E-state index in [-0.39, 0.29) is 6.10 Å². The van der Waals surface area contributed by atoms with E-state index in [0.717, 1.165) is 6.54 Å². The number of hydrogen-bond acceptors (Lipinski definition) is 4. The Morgan fingerprint density at radius 3 is 2.57 bits per heavy atom. The maximum absolute atomic E-state index is 9.10. The van der Waals surface area contributed by atoms with Crippen molar-refractivity contribution in [3.63, 3.8) is 0 Å². The van der Waals surface area contributed by atoms with Crippen molar-refractivity contribution in [2.24, 2.45) is 0 Å². The average Bonchev–Trinajstić information content (AvgIpc) is 2.15. The molecule has 1 aromatic rings. The lowest BCUT2D eigenvalue weighted by Crippen LogP contribution is -2.23. The van der Waals surface area contributed by atoms with Crippen molar-refractivity contribution in [1.82, 2.24) is 9.97 Å². The number of aromatic nitrogens is 2. The van der Waals surface area contributed by atoms with E-state index < -0.39 is 0 Å². The van der Waals surface area contributed by atoms with Crippen molar-refractivity contribution in [3.8, 4) is 0 Å². The third-order valence-corrected chi connectivity index (χ3v) is 2.03. The highest BCUT2D eigenvalue weighted by molar-refractivity contribution is 6.30. The molecule has 0 fully saturated rings. The second-order valence-electron chi connectivity index (χ2n) is 3.26. The lowest BCUT2D eigenvalue weighted by molar-refractivity contribution is 0.186. The summed E-state index contributed by atoms with van der Waals surface area (Å²) in [7, 11) is 1.88. The van der Waals surface area contributed by atoms with E-state index in [0.29, 0.717) is 17.4 Å². The Morgan fingerprint density at radius 2 is 2.07 bits per heavy atom. The number of rotatable bonds is 4. The third-order valence-electron chi connectivity index (χ3n) is 1.83. The van der Waals surface area contributed by atoms with Gasteiger partial charge >= 0.3 is 0 Å². The average molecular weight is 216 g/mol. The smallest absolute Gasteiger partial charge is 0.225 e. The first-order valence-corrected chi connectivity index (χ1v) is 4.84. The second-order valence-corrected chi connectivity index (χ2v) is 3.70. The maximum atomic E-state index is 9.10. The van der Waals surface area contributed by atoms with E-state index in [1.54, 1.807) is 19.3 Å². The quantitative estimate of drug-likeness (QED) is 0.824. The third kappa shape index (κ3) is 3.47. The van der Waals surface area contributed by atoms with Crippen LogP contribution < -0.4 is 4.90 Å². The molecule has 0 spiro atoms. The van der Waals surface area contributed by atoms with Crippen molar-refractivity contribution < 1.29 is 5.11 Å². The lowest BCUT2D eigenvalue weighted by Gasteiger charge is -2.17. The fraction of sp³-hybridized carbons (Fsp3) is 0.556. The molecule has 0 aliphatic rings. The van der Waals surface area contributed by atoms with Crippen LogP contribution in [0.5, 0.6) is 0 Å². The van der Waals surface area contributed by atoms with Gasteiger partial charge < -0.3 is 10.0 Å². The molecule has 0 aliphatic carbocycles. The van der Waals surface area contributed by atoms with Gasteiger partial charge in [0.15, 0.2) is 0 Å². The van der Waals surface area contributed by atoms with E-state index in [9.17, 15) is 0 Å². The van der Waals surface area contributed by atoms with Crippen LogP contribution in [0.4, 0.5) is 5.95 Å². The minimum Gasteiger partial charge on any atom is -0.393 e. The highest BCUT2D eigenvalue weighted by atomic mass is 35.5. The van der Waals surface area contributed by atoms with Gasteiger partial charge in [0, 0.05) is 13.6 Å². The van der Waals surface area contributed by atoms with E-state index in [1.807, 2.05) is 11.9 Å². The molecular weight excluding hydrogens is 202 g/mol. The van der Waals surface area contributed by atoms with Crippen LogP contribution in [0.3, 0.4) is 0 Å². The van der Waals surface area contributed by atoms with E-state index >= 15 is 0 Å². The molecule has 0 saturated carbocycles. The standard InChI is InChI=1S/C9H14ClN3O/c1-7(14)3-4-13(2)9-11-5-8(10)6-12-9/h5-7,14H,3-4H2,1-2H3. The molecule has 0 aliphatic heterocycles. The van der Waals surface area contributed by atoms with Gasteiger partial charge in [-0.3, -0.25) is 0 Å². The first-order valence-electron chi connectivity index (χ1n) is 4.46. The highest BCUT2D eigenvalue weighted by Gasteiger charge is 2.04. The fourth-order valence-electron chi connectivity index (χ4n) is 0.983. The molecule has 0 radical (unpaired) electrons. The van der Waals surface area contributed by atoms with Crippen LogP contribution in [0.1, 0.15) is 13.3 Å². The molecule has 0 aromatic carbocycles. The molecule has 0 amide bonds. The minimum absolute atomic E-state index is 0.301. The molecule has 1 atom stereocenters. The summed E-state index contributed by atoms with van der Waals surface area (Å²) in [4.78, 5) is 9.99. The minimum atomic E-state index is -0.301. The Hall–Kier alpha value is -0.870. The van der Waals surface area contributed by atoms with Crippen LogP contribution in [-0.4, -0.2) is 34.8 Å². The molecule has 1 rings (SSSR count). The molecule has 0 bridgehead atoms. The molecule has 1 heterocycles. The summed E-state index contributed by atoms with van der Waals surface area (Å²) in [5, 5.41) is 9.63. The summed E-state index contributed by atoms with van der Waals surface area (Å²) in [5.74, 6) is 0.620. The summed E-state index contributed by atoms with van der Waals surface area (Å²) in [6.45, 7) is 2.48. The van der Waals surface area contributed by atoms with Gasteiger partial charge in [-0.15, -0.1) is 0 Å². The number of halogens is 1. The first kappa shape index (κ1) is 11.2. The summed E-state index contributed by atoms with van der Waals surface area (Å²) in [5.41, 5.74) is 0. The van der Waals surface area contributed by atoms with Gasteiger partial charge in [0.2, 0.25) is 5.95 Å². The largest absolute Gasteiger partial charge is 0.393 e. The topological polar surface area (TPSA) is 49.2 Å². The van der Waals surface area contributed by atoms with Crippen molar-refractivity contribution in [3.05, 3.63) is 17.4 Å². The predicted molar refractivity (Wildman–Crippen MR) is 56.6 cm³/mol.